The number of nitrogens with two attached hydrogens (primary N) is 1. The zero-order valence-electron chi connectivity index (χ0n) is 15.4. The molecule has 0 bridgehead atoms. The van der Waals surface area contributed by atoms with Crippen molar-refractivity contribution in [3.8, 4) is 0 Å². The van der Waals surface area contributed by atoms with E-state index in [1.807, 2.05) is 5.32 Å². The average Bonchev–Trinajstić information content (AvgIpc) is 2.59. The van der Waals surface area contributed by atoms with Crippen molar-refractivity contribution in [2.45, 2.75) is 51.0 Å². The number of thiol groups is 1. The number of rotatable bonds is 11. The van der Waals surface area contributed by atoms with Gasteiger partial charge < -0.3 is 37.0 Å². The summed E-state index contributed by atoms with van der Waals surface area (Å²) in [4.78, 5) is 47.3. The number of carboxylic acids is 1. The van der Waals surface area contributed by atoms with Crippen LogP contribution in [0.15, 0.2) is 0 Å². The number of amides is 3. The van der Waals surface area contributed by atoms with Crippen LogP contribution in [-0.2, 0) is 19.2 Å². The molecule has 0 radical (unpaired) electrons. The molecule has 27 heavy (non-hydrogen) atoms. The van der Waals surface area contributed by atoms with E-state index in [0.29, 0.717) is 0 Å². The fourth-order valence-corrected chi connectivity index (χ4v) is 2.13. The zero-order chi connectivity index (χ0) is 21.3. The molecule has 12 heteroatoms. The molecule has 11 nitrogen and oxygen atoms in total. The normalized spacial score (nSPS) is 16.6. The molecule has 0 spiro atoms. The number of aliphatic hydroxyl groups excluding tert-OH is 2. The highest BCUT2D eigenvalue weighted by Crippen LogP contribution is 2.00. The molecule has 156 valence electrons. The fraction of sp³-hybridized carbons (Fsp3) is 0.733. The van der Waals surface area contributed by atoms with E-state index in [4.69, 9.17) is 10.8 Å². The van der Waals surface area contributed by atoms with Crippen LogP contribution in [-0.4, -0.2) is 81.6 Å². The van der Waals surface area contributed by atoms with Crippen molar-refractivity contribution in [1.29, 1.82) is 0 Å². The van der Waals surface area contributed by atoms with Gasteiger partial charge in [-0.05, 0) is 12.8 Å². The molecule has 0 saturated heterocycles. The first-order chi connectivity index (χ1) is 12.5. The lowest BCUT2D eigenvalue weighted by molar-refractivity contribution is -0.145. The Labute approximate surface area is 162 Å². The first-order valence-corrected chi connectivity index (χ1v) is 8.88. The van der Waals surface area contributed by atoms with Gasteiger partial charge in [-0.2, -0.15) is 12.6 Å². The minimum atomic E-state index is -1.62. The van der Waals surface area contributed by atoms with Crippen LogP contribution in [0, 0.1) is 5.92 Å². The summed E-state index contributed by atoms with van der Waals surface area (Å²) in [6.45, 7) is 3.79. The van der Waals surface area contributed by atoms with Gasteiger partial charge in [0.1, 0.15) is 12.1 Å². The van der Waals surface area contributed by atoms with Gasteiger partial charge in [0.15, 0.2) is 6.04 Å². The fourth-order valence-electron chi connectivity index (χ4n) is 1.87. The van der Waals surface area contributed by atoms with Crippen LogP contribution in [0.3, 0.4) is 0 Å². The van der Waals surface area contributed by atoms with E-state index in [0.717, 1.165) is 6.92 Å². The first-order valence-electron chi connectivity index (χ1n) is 8.25. The van der Waals surface area contributed by atoms with Gasteiger partial charge in [-0.15, -0.1) is 0 Å². The smallest absolute Gasteiger partial charge is 0.328 e. The maximum absolute atomic E-state index is 12.3. The van der Waals surface area contributed by atoms with E-state index in [1.54, 1.807) is 13.8 Å². The van der Waals surface area contributed by atoms with E-state index in [2.05, 4.69) is 23.3 Å². The molecule has 0 rings (SSSR count). The van der Waals surface area contributed by atoms with Crippen molar-refractivity contribution in [3.05, 3.63) is 0 Å². The van der Waals surface area contributed by atoms with Crippen LogP contribution >= 0.6 is 12.6 Å². The number of carbonyl (C=O) groups is 4. The molecule has 0 aromatic carbocycles. The summed E-state index contributed by atoms with van der Waals surface area (Å²) in [7, 11) is 0. The van der Waals surface area contributed by atoms with E-state index in [9.17, 15) is 29.4 Å². The minimum absolute atomic E-state index is 0.104. The Bertz CT molecular complexity index is 544. The van der Waals surface area contributed by atoms with Gasteiger partial charge in [0.2, 0.25) is 17.7 Å². The molecule has 0 aromatic rings. The van der Waals surface area contributed by atoms with Crippen LogP contribution < -0.4 is 21.7 Å². The molecule has 0 aromatic heterocycles. The van der Waals surface area contributed by atoms with E-state index >= 15 is 0 Å². The molecule has 0 heterocycles. The Morgan fingerprint density at radius 3 is 1.81 bits per heavy atom. The summed E-state index contributed by atoms with van der Waals surface area (Å²) < 4.78 is 0. The Morgan fingerprint density at radius 2 is 1.44 bits per heavy atom. The van der Waals surface area contributed by atoms with Gasteiger partial charge in [-0.25, -0.2) is 4.79 Å². The van der Waals surface area contributed by atoms with Crippen molar-refractivity contribution >= 4 is 36.3 Å². The SMILES string of the molecule is CC(C)C(N)C(=O)NC(CS)C(=O)NC(CO)C(=O)NC(C(=O)O)C(C)O. The molecule has 5 unspecified atom stereocenters. The predicted molar refractivity (Wildman–Crippen MR) is 98.9 cm³/mol. The van der Waals surface area contributed by atoms with E-state index in [-0.39, 0.29) is 11.7 Å². The lowest BCUT2D eigenvalue weighted by atomic mass is 10.0. The lowest BCUT2D eigenvalue weighted by Crippen LogP contribution is -2.59. The second-order valence-electron chi connectivity index (χ2n) is 6.32. The molecular weight excluding hydrogens is 380 g/mol. The topological polar surface area (TPSA) is 191 Å². The van der Waals surface area contributed by atoms with Gasteiger partial charge in [-0.3, -0.25) is 14.4 Å². The van der Waals surface area contributed by atoms with Gasteiger partial charge in [-0.1, -0.05) is 13.8 Å². The van der Waals surface area contributed by atoms with Crippen molar-refractivity contribution in [3.63, 3.8) is 0 Å². The van der Waals surface area contributed by atoms with Gasteiger partial charge in [0.05, 0.1) is 18.8 Å². The quantitative estimate of drug-likeness (QED) is 0.164. The third-order valence-electron chi connectivity index (χ3n) is 3.70. The van der Waals surface area contributed by atoms with E-state index in [1.165, 1.54) is 0 Å². The van der Waals surface area contributed by atoms with Crippen molar-refractivity contribution < 1.29 is 34.5 Å². The summed E-state index contributed by atoms with van der Waals surface area (Å²) in [5.41, 5.74) is 5.70. The molecule has 0 aliphatic carbocycles. The van der Waals surface area contributed by atoms with Crippen LogP contribution in [0.2, 0.25) is 0 Å². The Morgan fingerprint density at radius 1 is 0.963 bits per heavy atom. The van der Waals surface area contributed by atoms with Crippen LogP contribution in [0.25, 0.3) is 0 Å². The Hall–Kier alpha value is -1.89. The van der Waals surface area contributed by atoms with Crippen LogP contribution in [0.1, 0.15) is 20.8 Å². The van der Waals surface area contributed by atoms with Crippen LogP contribution in [0.4, 0.5) is 0 Å². The second kappa shape index (κ2) is 11.7. The zero-order valence-corrected chi connectivity index (χ0v) is 16.3. The van der Waals surface area contributed by atoms with Gasteiger partial charge in [0.25, 0.3) is 0 Å². The highest BCUT2D eigenvalue weighted by molar-refractivity contribution is 7.80. The van der Waals surface area contributed by atoms with Gasteiger partial charge in [0, 0.05) is 5.75 Å². The number of hydrogen-bond acceptors (Lipinski definition) is 8. The molecule has 0 saturated carbocycles. The van der Waals surface area contributed by atoms with Crippen LogP contribution in [0.5, 0.6) is 0 Å². The van der Waals surface area contributed by atoms with E-state index < -0.39 is 60.6 Å². The molecule has 0 aliphatic rings. The molecule has 0 aliphatic heterocycles. The minimum Gasteiger partial charge on any atom is -0.480 e. The van der Waals surface area contributed by atoms with Crippen molar-refractivity contribution in [2.75, 3.05) is 12.4 Å². The lowest BCUT2D eigenvalue weighted by Gasteiger charge is -2.24. The molecule has 0 fully saturated rings. The average molecular weight is 408 g/mol. The maximum Gasteiger partial charge on any atom is 0.328 e. The first kappa shape index (κ1) is 25.1. The number of hydrogen-bond donors (Lipinski definition) is 8. The molecular formula is C15H28N4O7S. The van der Waals surface area contributed by atoms with Crippen molar-refractivity contribution in [1.82, 2.24) is 16.0 Å². The molecule has 5 atom stereocenters. The summed E-state index contributed by atoms with van der Waals surface area (Å²) in [6.07, 6.45) is -1.40. The monoisotopic (exact) mass is 408 g/mol. The second-order valence-corrected chi connectivity index (χ2v) is 6.69. The third kappa shape index (κ3) is 8.12. The third-order valence-corrected chi connectivity index (χ3v) is 4.06. The Balaban J connectivity index is 5.00. The predicted octanol–water partition coefficient (Wildman–Crippen LogP) is -3.19. The number of aliphatic carboxylic acids is 1. The number of carboxylic acid groups (broad SMARTS) is 1. The molecule has 3 amide bonds. The maximum atomic E-state index is 12.3. The molecule has 8 N–H and O–H groups in total. The summed E-state index contributed by atoms with van der Waals surface area (Å²) in [5.74, 6) is -4.16. The Kier molecular flexibility index (Phi) is 10.9. The van der Waals surface area contributed by atoms with Gasteiger partial charge >= 0.3 is 5.97 Å². The standard InChI is InChI=1S/C15H28N4O7S/c1-6(2)10(16)14(24)18-9(5-27)13(23)17-8(4-20)12(22)19-11(7(3)21)15(25)26/h6-11,20-21,27H,4-5,16H2,1-3H3,(H,17,23)(H,18,24)(H,19,22)(H,25,26). The summed E-state index contributed by atoms with van der Waals surface area (Å²) >= 11 is 3.97. The highest BCUT2D eigenvalue weighted by Gasteiger charge is 2.31. The van der Waals surface area contributed by atoms with Crippen molar-refractivity contribution in [2.24, 2.45) is 11.7 Å². The summed E-state index contributed by atoms with van der Waals surface area (Å²) in [5, 5.41) is 34.3. The number of nitrogens with one attached hydrogen (secondary N) is 3. The number of aliphatic hydroxyl groups is 2. The summed E-state index contributed by atoms with van der Waals surface area (Å²) in [6, 6.07) is -5.08. The number of carbonyl (C=O) groups excluding carboxylic acids is 3. The highest BCUT2D eigenvalue weighted by atomic mass is 32.1. The largest absolute Gasteiger partial charge is 0.480 e.